The van der Waals surface area contributed by atoms with Gasteiger partial charge in [0.05, 0.1) is 20.8 Å². The van der Waals surface area contributed by atoms with Crippen molar-refractivity contribution in [1.82, 2.24) is 9.88 Å². The zero-order valence-corrected chi connectivity index (χ0v) is 24.1. The Balaban J connectivity index is 1.61. The van der Waals surface area contributed by atoms with Gasteiger partial charge in [-0.1, -0.05) is 37.3 Å². The maximum atomic E-state index is 13.8. The van der Waals surface area contributed by atoms with E-state index in [1.165, 1.54) is 38.0 Å². The summed E-state index contributed by atoms with van der Waals surface area (Å²) < 4.78 is 35.0. The molecule has 0 bridgehead atoms. The summed E-state index contributed by atoms with van der Waals surface area (Å²) in [5.41, 5.74) is 1.85. The number of nitrogens with zero attached hydrogens (tertiary/aromatic N) is 2. The second kappa shape index (κ2) is 12.7. The summed E-state index contributed by atoms with van der Waals surface area (Å²) in [6, 6.07) is 15.1. The average molecular weight is 571 g/mol. The number of carbonyl (C=O) groups excluding carboxylic acids is 2. The molecule has 0 N–H and O–H groups in total. The van der Waals surface area contributed by atoms with E-state index >= 15 is 0 Å². The Labute approximate surface area is 233 Å². The van der Waals surface area contributed by atoms with Crippen LogP contribution in [0.2, 0.25) is 0 Å². The minimum Gasteiger partial charge on any atom is -0.497 e. The summed E-state index contributed by atoms with van der Waals surface area (Å²) in [6.45, 7) is 2.22. The minimum absolute atomic E-state index is 0.0950. The lowest BCUT2D eigenvalue weighted by Gasteiger charge is -2.22. The van der Waals surface area contributed by atoms with Gasteiger partial charge in [-0.3, -0.25) is 9.59 Å². The van der Waals surface area contributed by atoms with Crippen LogP contribution < -0.4 is 9.47 Å². The number of ketones is 1. The van der Waals surface area contributed by atoms with E-state index in [1.807, 2.05) is 18.2 Å². The van der Waals surface area contributed by atoms with Crippen molar-refractivity contribution in [1.29, 1.82) is 0 Å². The van der Waals surface area contributed by atoms with Crippen LogP contribution in [-0.2, 0) is 22.8 Å². The fraction of sp³-hybridized carbons (Fsp3) is 0.414. The zero-order valence-electron chi connectivity index (χ0n) is 22.5. The van der Waals surface area contributed by atoms with Crippen molar-refractivity contribution in [2.24, 2.45) is 0 Å². The van der Waals surface area contributed by atoms with Gasteiger partial charge in [0.25, 0.3) is 5.91 Å². The van der Waals surface area contributed by atoms with Crippen molar-refractivity contribution < 1.29 is 27.5 Å². The van der Waals surface area contributed by atoms with Gasteiger partial charge in [0.15, 0.2) is 15.6 Å². The van der Waals surface area contributed by atoms with E-state index in [0.29, 0.717) is 28.6 Å². The number of hydrogen-bond acceptors (Lipinski definition) is 8. The summed E-state index contributed by atoms with van der Waals surface area (Å²) in [4.78, 5) is 33.9. The van der Waals surface area contributed by atoms with Crippen molar-refractivity contribution in [3.05, 3.63) is 75.2 Å². The Bertz CT molecular complexity index is 1390. The van der Waals surface area contributed by atoms with Crippen LogP contribution >= 0.6 is 11.3 Å². The third kappa shape index (κ3) is 7.67. The van der Waals surface area contributed by atoms with Crippen LogP contribution in [-0.4, -0.2) is 62.3 Å². The highest BCUT2D eigenvalue weighted by molar-refractivity contribution is 7.92. The molecule has 0 aliphatic heterocycles. The molecule has 1 aliphatic carbocycles. The third-order valence-corrected chi connectivity index (χ3v) is 9.43. The number of methoxy groups -OCH3 is 2. The van der Waals surface area contributed by atoms with Gasteiger partial charge in [0.1, 0.15) is 28.0 Å². The quantitative estimate of drug-likeness (QED) is 0.253. The maximum Gasteiger partial charge on any atom is 0.254 e. The Morgan fingerprint density at radius 1 is 1.05 bits per heavy atom. The van der Waals surface area contributed by atoms with Gasteiger partial charge >= 0.3 is 0 Å². The summed E-state index contributed by atoms with van der Waals surface area (Å²) in [5.74, 6) is -0.0674. The lowest BCUT2D eigenvalue weighted by molar-refractivity contribution is 0.0740. The van der Waals surface area contributed by atoms with E-state index < -0.39 is 21.4 Å². The molecule has 0 radical (unpaired) electrons. The van der Waals surface area contributed by atoms with Gasteiger partial charge in [-0.25, -0.2) is 13.4 Å². The fourth-order valence-electron chi connectivity index (χ4n) is 4.29. The third-order valence-electron chi connectivity index (χ3n) is 6.65. The molecule has 3 aromatic rings. The predicted octanol–water partition coefficient (Wildman–Crippen LogP) is 4.93. The van der Waals surface area contributed by atoms with E-state index in [2.05, 4.69) is 17.1 Å². The summed E-state index contributed by atoms with van der Waals surface area (Å²) in [6.07, 6.45) is 3.44. The Morgan fingerprint density at radius 3 is 2.31 bits per heavy atom. The van der Waals surface area contributed by atoms with E-state index in [-0.39, 0.29) is 29.8 Å². The Kier molecular flexibility index (Phi) is 9.40. The molecule has 0 saturated heterocycles. The molecule has 2 aromatic carbocycles. The van der Waals surface area contributed by atoms with E-state index in [9.17, 15) is 18.0 Å². The number of aryl methyl sites for hydroxylation is 1. The van der Waals surface area contributed by atoms with E-state index in [4.69, 9.17) is 9.47 Å². The molecule has 1 aromatic heterocycles. The van der Waals surface area contributed by atoms with Gasteiger partial charge in [-0.2, -0.15) is 0 Å². The summed E-state index contributed by atoms with van der Waals surface area (Å²) in [7, 11) is -0.408. The number of ether oxygens (including phenoxy) is 2. The van der Waals surface area contributed by atoms with E-state index in [1.54, 1.807) is 23.1 Å². The van der Waals surface area contributed by atoms with Crippen molar-refractivity contribution in [3.8, 4) is 11.5 Å². The van der Waals surface area contributed by atoms with E-state index in [0.717, 1.165) is 30.6 Å². The molecular weight excluding hydrogens is 536 g/mol. The van der Waals surface area contributed by atoms with Crippen molar-refractivity contribution in [3.63, 3.8) is 0 Å². The lowest BCUT2D eigenvalue weighted by Crippen LogP contribution is -2.32. The zero-order chi connectivity index (χ0) is 28.0. The highest BCUT2D eigenvalue weighted by atomic mass is 32.2. The number of benzene rings is 2. The number of rotatable bonds is 14. The van der Waals surface area contributed by atoms with Gasteiger partial charge in [-0.05, 0) is 49.3 Å². The Hall–Kier alpha value is -3.24. The second-order valence-electron chi connectivity index (χ2n) is 9.61. The molecule has 8 nitrogen and oxygen atoms in total. The van der Waals surface area contributed by atoms with Crippen LogP contribution in [0.25, 0.3) is 0 Å². The lowest BCUT2D eigenvalue weighted by atomic mass is 10.1. The summed E-state index contributed by atoms with van der Waals surface area (Å²) in [5, 5.41) is 0.622. The largest absolute Gasteiger partial charge is 0.497 e. The molecule has 1 heterocycles. The fourth-order valence-corrected chi connectivity index (χ4v) is 6.30. The second-order valence-corrected chi connectivity index (χ2v) is 13.1. The first kappa shape index (κ1) is 28.8. The average Bonchev–Trinajstić information content (AvgIpc) is 3.71. The van der Waals surface area contributed by atoms with Gasteiger partial charge < -0.3 is 14.4 Å². The van der Waals surface area contributed by atoms with Crippen LogP contribution in [0.1, 0.15) is 68.4 Å². The monoisotopic (exact) mass is 570 g/mol. The number of sulfone groups is 1. The molecule has 208 valence electrons. The molecule has 0 atom stereocenters. The Morgan fingerprint density at radius 2 is 1.72 bits per heavy atom. The molecule has 1 saturated carbocycles. The highest BCUT2D eigenvalue weighted by Gasteiger charge is 2.33. The molecule has 0 spiro atoms. The van der Waals surface area contributed by atoms with Crippen molar-refractivity contribution >= 4 is 32.9 Å². The van der Waals surface area contributed by atoms with Crippen molar-refractivity contribution in [2.45, 2.75) is 45.1 Å². The SMILES string of the molecule is CCS(=O)(=O)CC(=O)c1nc(CN(CCCc2ccccc2)C(=O)c2cc(OC)cc(OC)c2)sc1C1CC1. The molecule has 4 rings (SSSR count). The number of thiazole rings is 1. The first-order valence-corrected chi connectivity index (χ1v) is 15.7. The highest BCUT2D eigenvalue weighted by Crippen LogP contribution is 2.45. The topological polar surface area (TPSA) is 103 Å². The van der Waals surface area contributed by atoms with Crippen LogP contribution in [0.3, 0.4) is 0 Å². The molecular formula is C29H34N2O6S2. The number of carbonyl (C=O) groups is 2. The molecule has 0 unspecified atom stereocenters. The van der Waals surface area contributed by atoms with Crippen LogP contribution in [0.4, 0.5) is 0 Å². The van der Waals surface area contributed by atoms with Crippen LogP contribution in [0, 0.1) is 0 Å². The normalized spacial score (nSPS) is 13.2. The first-order valence-electron chi connectivity index (χ1n) is 13.0. The molecule has 1 fully saturated rings. The number of Topliss-reactive ketones (excluding diaryl/α,β-unsaturated/α-hetero) is 1. The first-order chi connectivity index (χ1) is 18.7. The van der Waals surface area contributed by atoms with Crippen LogP contribution in [0.15, 0.2) is 48.5 Å². The smallest absolute Gasteiger partial charge is 0.254 e. The van der Waals surface area contributed by atoms with Gasteiger partial charge in [0, 0.05) is 28.8 Å². The van der Waals surface area contributed by atoms with Crippen molar-refractivity contribution in [2.75, 3.05) is 32.3 Å². The standard InChI is InChI=1S/C29H34N2O6S2/c1-4-39(34,35)19-25(32)27-28(21-12-13-21)38-26(30-27)18-31(14-8-11-20-9-6-5-7-10-20)29(33)22-15-23(36-2)17-24(16-22)37-3/h5-7,9-10,15-17,21H,4,8,11-14,18-19H2,1-3H3. The molecule has 10 heteroatoms. The summed E-state index contributed by atoms with van der Waals surface area (Å²) >= 11 is 1.41. The number of hydrogen-bond donors (Lipinski definition) is 0. The molecule has 1 aliphatic rings. The van der Waals surface area contributed by atoms with Gasteiger partial charge in [0.2, 0.25) is 0 Å². The number of amides is 1. The molecule has 1 amide bonds. The molecule has 39 heavy (non-hydrogen) atoms. The number of aromatic nitrogens is 1. The predicted molar refractivity (Wildman–Crippen MR) is 152 cm³/mol. The van der Waals surface area contributed by atoms with Gasteiger partial charge in [-0.15, -0.1) is 11.3 Å². The van der Waals surface area contributed by atoms with Crippen LogP contribution in [0.5, 0.6) is 11.5 Å². The maximum absolute atomic E-state index is 13.8. The minimum atomic E-state index is -3.48.